The molecule has 1 aliphatic heterocycles. The van der Waals surface area contributed by atoms with E-state index in [0.29, 0.717) is 5.56 Å². The van der Waals surface area contributed by atoms with Crippen LogP contribution in [0.4, 0.5) is 0 Å². The molecule has 1 N–H and O–H groups in total. The van der Waals surface area contributed by atoms with E-state index < -0.39 is 0 Å². The van der Waals surface area contributed by atoms with Crippen molar-refractivity contribution in [1.82, 2.24) is 15.2 Å². The molecule has 2 rings (SSSR count). The summed E-state index contributed by atoms with van der Waals surface area (Å²) in [6, 6.07) is 3.75. The molecule has 1 atom stereocenters. The number of aromatic nitrogens is 1. The monoisotopic (exact) mass is 205 g/mol. The fourth-order valence-corrected chi connectivity index (χ4v) is 1.82. The number of hydrogen-bond acceptors (Lipinski definition) is 3. The van der Waals surface area contributed by atoms with Crippen LogP contribution in [0.3, 0.4) is 0 Å². The minimum atomic E-state index is -0.00213. The van der Waals surface area contributed by atoms with Crippen LogP contribution < -0.4 is 5.32 Å². The van der Waals surface area contributed by atoms with Gasteiger partial charge in [0.15, 0.2) is 0 Å². The van der Waals surface area contributed by atoms with Gasteiger partial charge in [0.05, 0.1) is 0 Å². The number of nitrogens with one attached hydrogen (secondary N) is 1. The Balaban J connectivity index is 1.93. The maximum Gasteiger partial charge on any atom is 0.251 e. The van der Waals surface area contributed by atoms with Gasteiger partial charge in [0, 0.05) is 30.5 Å². The quantitative estimate of drug-likeness (QED) is 0.765. The SMILES string of the molecule is CN1CC[C@@H](NC(=O)c2ccncc2)C1. The third kappa shape index (κ3) is 2.53. The first-order valence-corrected chi connectivity index (χ1v) is 5.15. The van der Waals surface area contributed by atoms with Crippen LogP contribution in [0.15, 0.2) is 24.5 Å². The number of nitrogens with zero attached hydrogens (tertiary/aromatic N) is 2. The van der Waals surface area contributed by atoms with E-state index in [9.17, 15) is 4.79 Å². The summed E-state index contributed by atoms with van der Waals surface area (Å²) >= 11 is 0. The van der Waals surface area contributed by atoms with Crippen LogP contribution in [-0.2, 0) is 0 Å². The summed E-state index contributed by atoms with van der Waals surface area (Å²) in [5.41, 5.74) is 0.680. The Morgan fingerprint density at radius 2 is 2.27 bits per heavy atom. The maximum absolute atomic E-state index is 11.7. The van der Waals surface area contributed by atoms with Crippen LogP contribution in [0.5, 0.6) is 0 Å². The van der Waals surface area contributed by atoms with Crippen molar-refractivity contribution in [3.05, 3.63) is 30.1 Å². The molecule has 1 amide bonds. The number of pyridine rings is 1. The molecule has 4 heteroatoms. The van der Waals surface area contributed by atoms with Crippen LogP contribution in [0, 0.1) is 0 Å². The smallest absolute Gasteiger partial charge is 0.251 e. The van der Waals surface area contributed by atoms with Gasteiger partial charge in [0.1, 0.15) is 0 Å². The van der Waals surface area contributed by atoms with Gasteiger partial charge in [-0.05, 0) is 32.1 Å². The van der Waals surface area contributed by atoms with E-state index in [1.54, 1.807) is 24.5 Å². The minimum Gasteiger partial charge on any atom is -0.348 e. The molecule has 4 nitrogen and oxygen atoms in total. The highest BCUT2D eigenvalue weighted by molar-refractivity contribution is 5.94. The van der Waals surface area contributed by atoms with E-state index in [1.165, 1.54) is 0 Å². The largest absolute Gasteiger partial charge is 0.348 e. The summed E-state index contributed by atoms with van der Waals surface area (Å²) < 4.78 is 0. The van der Waals surface area contributed by atoms with E-state index in [2.05, 4.69) is 22.2 Å². The van der Waals surface area contributed by atoms with Crippen LogP contribution >= 0.6 is 0 Å². The first-order chi connectivity index (χ1) is 7.25. The van der Waals surface area contributed by atoms with Gasteiger partial charge in [0.2, 0.25) is 0 Å². The number of likely N-dealkylation sites (N-methyl/N-ethyl adjacent to an activating group) is 1. The topological polar surface area (TPSA) is 45.2 Å². The second kappa shape index (κ2) is 4.40. The summed E-state index contributed by atoms with van der Waals surface area (Å²) in [7, 11) is 2.07. The van der Waals surface area contributed by atoms with Crippen molar-refractivity contribution >= 4 is 5.91 Å². The van der Waals surface area contributed by atoms with Gasteiger partial charge in [-0.15, -0.1) is 0 Å². The highest BCUT2D eigenvalue weighted by Gasteiger charge is 2.21. The second-order valence-corrected chi connectivity index (χ2v) is 3.96. The average Bonchev–Trinajstić information content (AvgIpc) is 2.65. The molecule has 1 aliphatic rings. The van der Waals surface area contributed by atoms with E-state index in [4.69, 9.17) is 0 Å². The third-order valence-electron chi connectivity index (χ3n) is 2.67. The molecular weight excluding hydrogens is 190 g/mol. The van der Waals surface area contributed by atoms with Crippen LogP contribution in [0.2, 0.25) is 0 Å². The van der Waals surface area contributed by atoms with Crippen molar-refractivity contribution in [1.29, 1.82) is 0 Å². The molecule has 0 unspecified atom stereocenters. The van der Waals surface area contributed by atoms with Crippen molar-refractivity contribution in [3.8, 4) is 0 Å². The molecular formula is C11H15N3O. The fraction of sp³-hybridized carbons (Fsp3) is 0.455. The molecule has 0 spiro atoms. The number of rotatable bonds is 2. The lowest BCUT2D eigenvalue weighted by atomic mass is 10.2. The van der Waals surface area contributed by atoms with Crippen LogP contribution in [-0.4, -0.2) is 42.0 Å². The van der Waals surface area contributed by atoms with Gasteiger partial charge in [0.25, 0.3) is 5.91 Å². The molecule has 1 fully saturated rings. The summed E-state index contributed by atoms with van der Waals surface area (Å²) in [6.45, 7) is 2.00. The molecule has 15 heavy (non-hydrogen) atoms. The first kappa shape index (κ1) is 10.1. The van der Waals surface area contributed by atoms with E-state index >= 15 is 0 Å². The van der Waals surface area contributed by atoms with E-state index in [0.717, 1.165) is 19.5 Å². The van der Waals surface area contributed by atoms with Crippen molar-refractivity contribution in [2.75, 3.05) is 20.1 Å². The standard InChI is InChI=1S/C11H15N3O/c1-14-7-4-10(8-14)13-11(15)9-2-5-12-6-3-9/h2-3,5-6,10H,4,7-8H2,1H3,(H,13,15)/t10-/m1/s1. The Hall–Kier alpha value is -1.42. The van der Waals surface area contributed by atoms with Crippen molar-refractivity contribution < 1.29 is 4.79 Å². The van der Waals surface area contributed by atoms with Crippen LogP contribution in [0.1, 0.15) is 16.8 Å². The molecule has 1 aromatic rings. The minimum absolute atomic E-state index is 0.00213. The Bertz CT molecular complexity index is 339. The number of likely N-dealkylation sites (tertiary alicyclic amines) is 1. The lowest BCUT2D eigenvalue weighted by Crippen LogP contribution is -2.36. The predicted molar refractivity (Wildman–Crippen MR) is 57.6 cm³/mol. The normalized spacial score (nSPS) is 21.5. The van der Waals surface area contributed by atoms with Gasteiger partial charge in [-0.25, -0.2) is 0 Å². The predicted octanol–water partition coefficient (Wildman–Crippen LogP) is 0.515. The number of amides is 1. The molecule has 80 valence electrons. The molecule has 0 aliphatic carbocycles. The zero-order valence-corrected chi connectivity index (χ0v) is 8.81. The highest BCUT2D eigenvalue weighted by atomic mass is 16.1. The van der Waals surface area contributed by atoms with Crippen molar-refractivity contribution in [2.45, 2.75) is 12.5 Å². The highest BCUT2D eigenvalue weighted by Crippen LogP contribution is 2.07. The van der Waals surface area contributed by atoms with Gasteiger partial charge < -0.3 is 10.2 Å². The number of carbonyl (C=O) groups is 1. The summed E-state index contributed by atoms with van der Waals surface area (Å²) in [5, 5.41) is 3.02. The van der Waals surface area contributed by atoms with E-state index in [-0.39, 0.29) is 11.9 Å². The summed E-state index contributed by atoms with van der Waals surface area (Å²) in [6.07, 6.45) is 4.30. The molecule has 2 heterocycles. The Labute approximate surface area is 89.3 Å². The summed E-state index contributed by atoms with van der Waals surface area (Å²) in [4.78, 5) is 17.9. The molecule has 0 aromatic carbocycles. The molecule has 0 saturated carbocycles. The summed E-state index contributed by atoms with van der Waals surface area (Å²) in [5.74, 6) is -0.00213. The third-order valence-corrected chi connectivity index (χ3v) is 2.67. The van der Waals surface area contributed by atoms with Crippen molar-refractivity contribution in [2.24, 2.45) is 0 Å². The first-order valence-electron chi connectivity index (χ1n) is 5.15. The lowest BCUT2D eigenvalue weighted by molar-refractivity contribution is 0.0938. The zero-order chi connectivity index (χ0) is 10.7. The Kier molecular flexibility index (Phi) is 2.97. The second-order valence-electron chi connectivity index (χ2n) is 3.96. The lowest BCUT2D eigenvalue weighted by Gasteiger charge is -2.12. The van der Waals surface area contributed by atoms with Gasteiger partial charge >= 0.3 is 0 Å². The number of carbonyl (C=O) groups excluding carboxylic acids is 1. The number of hydrogen-bond donors (Lipinski definition) is 1. The maximum atomic E-state index is 11.7. The molecule has 1 aromatic heterocycles. The van der Waals surface area contributed by atoms with Gasteiger partial charge in [-0.3, -0.25) is 9.78 Å². The van der Waals surface area contributed by atoms with Crippen LogP contribution in [0.25, 0.3) is 0 Å². The van der Waals surface area contributed by atoms with Gasteiger partial charge in [-0.1, -0.05) is 0 Å². The molecule has 0 bridgehead atoms. The fourth-order valence-electron chi connectivity index (χ4n) is 1.82. The van der Waals surface area contributed by atoms with E-state index in [1.807, 2.05) is 0 Å². The average molecular weight is 205 g/mol. The van der Waals surface area contributed by atoms with Crippen molar-refractivity contribution in [3.63, 3.8) is 0 Å². The zero-order valence-electron chi connectivity index (χ0n) is 8.81. The molecule has 0 radical (unpaired) electrons. The molecule has 1 saturated heterocycles. The van der Waals surface area contributed by atoms with Gasteiger partial charge in [-0.2, -0.15) is 0 Å². The Morgan fingerprint density at radius 1 is 1.53 bits per heavy atom. The Morgan fingerprint density at radius 3 is 2.87 bits per heavy atom.